The molecule has 48 valence electrons. The van der Waals surface area contributed by atoms with E-state index in [1.54, 1.807) is 0 Å². The van der Waals surface area contributed by atoms with E-state index < -0.39 is 0 Å². The Morgan fingerprint density at radius 3 is 2.62 bits per heavy atom. The van der Waals surface area contributed by atoms with Crippen LogP contribution in [0.1, 0.15) is 6.92 Å². The molecule has 2 heteroatoms. The van der Waals surface area contributed by atoms with Crippen molar-refractivity contribution in [2.24, 2.45) is 5.73 Å². The van der Waals surface area contributed by atoms with E-state index in [0.29, 0.717) is 12.6 Å². The highest BCUT2D eigenvalue weighted by molar-refractivity contribution is 4.85. The fourth-order valence-electron chi connectivity index (χ4n) is 0.525. The summed E-state index contributed by atoms with van der Waals surface area (Å²) in [6.07, 6.45) is 1.82. The van der Waals surface area contributed by atoms with Gasteiger partial charge in [-0.2, -0.15) is 0 Å². The SMILES string of the molecule is C=CC(CN)NCC. The van der Waals surface area contributed by atoms with Crippen molar-refractivity contribution in [1.29, 1.82) is 0 Å². The summed E-state index contributed by atoms with van der Waals surface area (Å²) in [6.45, 7) is 7.24. The van der Waals surface area contributed by atoms with Gasteiger partial charge in [0.1, 0.15) is 0 Å². The molecule has 8 heavy (non-hydrogen) atoms. The molecular formula is C6H14N2. The van der Waals surface area contributed by atoms with Gasteiger partial charge in [-0.25, -0.2) is 0 Å². The predicted octanol–water partition coefficient (Wildman–Crippen LogP) is 0.109. The molecule has 0 heterocycles. The van der Waals surface area contributed by atoms with E-state index in [1.807, 2.05) is 13.0 Å². The van der Waals surface area contributed by atoms with Crippen LogP contribution in [0, 0.1) is 0 Å². The molecule has 0 aliphatic rings. The molecule has 0 aliphatic carbocycles. The van der Waals surface area contributed by atoms with Crippen LogP contribution in [0.4, 0.5) is 0 Å². The molecule has 1 atom stereocenters. The van der Waals surface area contributed by atoms with E-state index in [0.717, 1.165) is 6.54 Å². The van der Waals surface area contributed by atoms with Crippen LogP contribution < -0.4 is 11.1 Å². The fraction of sp³-hybridized carbons (Fsp3) is 0.667. The summed E-state index contributed by atoms with van der Waals surface area (Å²) in [4.78, 5) is 0. The van der Waals surface area contributed by atoms with Crippen LogP contribution in [-0.2, 0) is 0 Å². The third-order valence-electron chi connectivity index (χ3n) is 1.00. The Labute approximate surface area is 50.8 Å². The lowest BCUT2D eigenvalue weighted by atomic mass is 10.3. The van der Waals surface area contributed by atoms with Gasteiger partial charge in [0.15, 0.2) is 0 Å². The molecule has 0 aromatic heterocycles. The number of hydrogen-bond acceptors (Lipinski definition) is 2. The lowest BCUT2D eigenvalue weighted by molar-refractivity contribution is 0.624. The van der Waals surface area contributed by atoms with Crippen molar-refractivity contribution in [3.8, 4) is 0 Å². The van der Waals surface area contributed by atoms with Gasteiger partial charge in [0.25, 0.3) is 0 Å². The van der Waals surface area contributed by atoms with Gasteiger partial charge in [-0.05, 0) is 6.54 Å². The molecule has 0 aromatic carbocycles. The first kappa shape index (κ1) is 7.66. The van der Waals surface area contributed by atoms with Crippen LogP contribution in [-0.4, -0.2) is 19.1 Å². The summed E-state index contributed by atoms with van der Waals surface area (Å²) in [5.41, 5.74) is 5.34. The van der Waals surface area contributed by atoms with Crippen LogP contribution in [0.3, 0.4) is 0 Å². The Morgan fingerprint density at radius 1 is 1.88 bits per heavy atom. The topological polar surface area (TPSA) is 38.0 Å². The van der Waals surface area contributed by atoms with E-state index in [4.69, 9.17) is 5.73 Å². The van der Waals surface area contributed by atoms with Crippen LogP contribution in [0.15, 0.2) is 12.7 Å². The normalized spacial score (nSPS) is 13.2. The Balaban J connectivity index is 3.21. The lowest BCUT2D eigenvalue weighted by Crippen LogP contribution is -2.33. The molecule has 0 bridgehead atoms. The zero-order valence-electron chi connectivity index (χ0n) is 5.35. The molecule has 0 amide bonds. The highest BCUT2D eigenvalue weighted by Gasteiger charge is 1.93. The summed E-state index contributed by atoms with van der Waals surface area (Å²) in [5.74, 6) is 0. The minimum Gasteiger partial charge on any atom is -0.329 e. The molecule has 0 rings (SSSR count). The first-order chi connectivity index (χ1) is 3.85. The van der Waals surface area contributed by atoms with Crippen LogP contribution in [0.2, 0.25) is 0 Å². The van der Waals surface area contributed by atoms with Gasteiger partial charge in [-0.15, -0.1) is 6.58 Å². The third kappa shape index (κ3) is 2.77. The van der Waals surface area contributed by atoms with E-state index in [-0.39, 0.29) is 0 Å². The van der Waals surface area contributed by atoms with Crippen molar-refractivity contribution in [3.05, 3.63) is 12.7 Å². The second-order valence-electron chi connectivity index (χ2n) is 1.64. The van der Waals surface area contributed by atoms with Crippen molar-refractivity contribution in [3.63, 3.8) is 0 Å². The van der Waals surface area contributed by atoms with Crippen molar-refractivity contribution >= 4 is 0 Å². The first-order valence-electron chi connectivity index (χ1n) is 2.91. The van der Waals surface area contributed by atoms with E-state index in [1.165, 1.54) is 0 Å². The summed E-state index contributed by atoms with van der Waals surface area (Å²) >= 11 is 0. The molecule has 0 aliphatic heterocycles. The number of hydrogen-bond donors (Lipinski definition) is 2. The van der Waals surface area contributed by atoms with Gasteiger partial charge in [0.2, 0.25) is 0 Å². The molecule has 0 fully saturated rings. The predicted molar refractivity (Wildman–Crippen MR) is 36.7 cm³/mol. The number of nitrogens with two attached hydrogens (primary N) is 1. The van der Waals surface area contributed by atoms with Crippen LogP contribution in [0.25, 0.3) is 0 Å². The maximum absolute atomic E-state index is 5.34. The van der Waals surface area contributed by atoms with Crippen molar-refractivity contribution in [2.75, 3.05) is 13.1 Å². The van der Waals surface area contributed by atoms with E-state index in [9.17, 15) is 0 Å². The Kier molecular flexibility index (Phi) is 4.61. The highest BCUT2D eigenvalue weighted by atomic mass is 14.9. The smallest absolute Gasteiger partial charge is 0.0371 e. The zero-order valence-corrected chi connectivity index (χ0v) is 5.35. The lowest BCUT2D eigenvalue weighted by Gasteiger charge is -2.08. The van der Waals surface area contributed by atoms with Crippen LogP contribution in [0.5, 0.6) is 0 Å². The van der Waals surface area contributed by atoms with Gasteiger partial charge in [-0.3, -0.25) is 0 Å². The van der Waals surface area contributed by atoms with E-state index >= 15 is 0 Å². The van der Waals surface area contributed by atoms with Gasteiger partial charge in [-0.1, -0.05) is 13.0 Å². The molecular weight excluding hydrogens is 100 g/mol. The molecule has 0 spiro atoms. The number of likely N-dealkylation sites (N-methyl/N-ethyl adjacent to an activating group) is 1. The molecule has 0 saturated heterocycles. The monoisotopic (exact) mass is 114 g/mol. The second-order valence-corrected chi connectivity index (χ2v) is 1.64. The Morgan fingerprint density at radius 2 is 2.50 bits per heavy atom. The van der Waals surface area contributed by atoms with Crippen molar-refractivity contribution < 1.29 is 0 Å². The van der Waals surface area contributed by atoms with Gasteiger partial charge < -0.3 is 11.1 Å². The Hall–Kier alpha value is -0.340. The third-order valence-corrected chi connectivity index (χ3v) is 1.00. The van der Waals surface area contributed by atoms with Gasteiger partial charge >= 0.3 is 0 Å². The summed E-state index contributed by atoms with van der Waals surface area (Å²) in [7, 11) is 0. The Bertz CT molecular complexity index is 61.5. The largest absolute Gasteiger partial charge is 0.329 e. The molecule has 1 unspecified atom stereocenters. The number of rotatable bonds is 4. The van der Waals surface area contributed by atoms with Crippen LogP contribution >= 0.6 is 0 Å². The van der Waals surface area contributed by atoms with Gasteiger partial charge in [0, 0.05) is 12.6 Å². The quantitative estimate of drug-likeness (QED) is 0.509. The molecule has 0 aromatic rings. The molecule has 3 N–H and O–H groups in total. The average Bonchev–Trinajstić information content (AvgIpc) is 1.83. The van der Waals surface area contributed by atoms with Crippen molar-refractivity contribution in [1.82, 2.24) is 5.32 Å². The van der Waals surface area contributed by atoms with Gasteiger partial charge in [0.05, 0.1) is 0 Å². The number of nitrogens with one attached hydrogen (secondary N) is 1. The minimum absolute atomic E-state index is 0.292. The minimum atomic E-state index is 0.292. The molecule has 2 nitrogen and oxygen atoms in total. The zero-order chi connectivity index (χ0) is 6.41. The first-order valence-corrected chi connectivity index (χ1v) is 2.91. The fourth-order valence-corrected chi connectivity index (χ4v) is 0.525. The maximum Gasteiger partial charge on any atom is 0.0371 e. The van der Waals surface area contributed by atoms with E-state index in [2.05, 4.69) is 11.9 Å². The standard InChI is InChI=1S/C6H14N2/c1-3-6(5-7)8-4-2/h3,6,8H,1,4-5,7H2,2H3. The maximum atomic E-state index is 5.34. The molecule has 0 saturated carbocycles. The summed E-state index contributed by atoms with van der Waals surface area (Å²) in [6, 6.07) is 0.292. The highest BCUT2D eigenvalue weighted by Crippen LogP contribution is 1.77. The second kappa shape index (κ2) is 4.81. The summed E-state index contributed by atoms with van der Waals surface area (Å²) in [5, 5.41) is 3.14. The average molecular weight is 114 g/mol. The summed E-state index contributed by atoms with van der Waals surface area (Å²) < 4.78 is 0. The molecule has 0 radical (unpaired) electrons. The van der Waals surface area contributed by atoms with Crippen molar-refractivity contribution in [2.45, 2.75) is 13.0 Å².